The van der Waals surface area contributed by atoms with E-state index in [1.807, 2.05) is 0 Å². The Bertz CT molecular complexity index is 699. The molecule has 2 aliphatic rings. The number of benzene rings is 1. The van der Waals surface area contributed by atoms with Gasteiger partial charge < -0.3 is 16.2 Å². The van der Waals surface area contributed by atoms with Crippen molar-refractivity contribution in [3.8, 4) is 0 Å². The number of amidine groups is 1. The Morgan fingerprint density at radius 2 is 1.89 bits per heavy atom. The summed E-state index contributed by atoms with van der Waals surface area (Å²) in [5, 5.41) is 20.1. The Kier molecular flexibility index (Phi) is 7.00. The van der Waals surface area contributed by atoms with Crippen molar-refractivity contribution in [1.29, 1.82) is 5.41 Å². The molecule has 7 heteroatoms. The maximum Gasteiger partial charge on any atom is 0.303 e. The summed E-state index contributed by atoms with van der Waals surface area (Å²) >= 11 is 0. The second-order valence-corrected chi connectivity index (χ2v) is 7.79. The van der Waals surface area contributed by atoms with E-state index < -0.39 is 5.97 Å². The van der Waals surface area contributed by atoms with Crippen LogP contribution in [-0.2, 0) is 4.79 Å². The number of hydrogen-bond acceptors (Lipinski definition) is 4. The van der Waals surface area contributed by atoms with Gasteiger partial charge in [-0.15, -0.1) is 12.4 Å². The fraction of sp³-hybridized carbons (Fsp3) is 0.550. The van der Waals surface area contributed by atoms with Gasteiger partial charge in [-0.25, -0.2) is 0 Å². The molecule has 3 atom stereocenters. The van der Waals surface area contributed by atoms with Crippen molar-refractivity contribution in [2.75, 3.05) is 13.1 Å². The van der Waals surface area contributed by atoms with Gasteiger partial charge in [-0.2, -0.15) is 0 Å². The molecule has 1 aromatic carbocycles. The van der Waals surface area contributed by atoms with Crippen LogP contribution in [0.4, 0.5) is 0 Å². The monoisotopic (exact) mass is 393 g/mol. The smallest absolute Gasteiger partial charge is 0.303 e. The predicted octanol–water partition coefficient (Wildman–Crippen LogP) is 2.84. The van der Waals surface area contributed by atoms with Crippen molar-refractivity contribution < 1.29 is 14.7 Å². The maximum atomic E-state index is 13.3. The van der Waals surface area contributed by atoms with Crippen LogP contribution in [0.3, 0.4) is 0 Å². The van der Waals surface area contributed by atoms with Crippen molar-refractivity contribution in [2.24, 2.45) is 23.0 Å². The molecular weight excluding hydrogens is 366 g/mol. The van der Waals surface area contributed by atoms with Crippen molar-refractivity contribution in [3.05, 3.63) is 35.4 Å². The number of piperidine rings is 1. The molecule has 1 aliphatic heterocycles. The minimum absolute atomic E-state index is 0. The van der Waals surface area contributed by atoms with Crippen LogP contribution >= 0.6 is 12.4 Å². The van der Waals surface area contributed by atoms with E-state index in [0.29, 0.717) is 17.5 Å². The summed E-state index contributed by atoms with van der Waals surface area (Å²) in [4.78, 5) is 24.5. The van der Waals surface area contributed by atoms with Crippen molar-refractivity contribution >= 4 is 30.0 Å². The molecule has 1 aromatic rings. The molecule has 1 saturated carbocycles. The lowest BCUT2D eigenvalue weighted by Gasteiger charge is -2.48. The molecule has 1 saturated heterocycles. The Labute approximate surface area is 165 Å². The number of carboxylic acid groups (broad SMARTS) is 1. The number of aliphatic carboxylic acids is 1. The zero-order valence-corrected chi connectivity index (χ0v) is 16.2. The van der Waals surface area contributed by atoms with Crippen LogP contribution in [-0.4, -0.2) is 35.8 Å². The molecule has 27 heavy (non-hydrogen) atoms. The summed E-state index contributed by atoms with van der Waals surface area (Å²) in [5.74, 6) is -0.804. The molecule has 0 radical (unpaired) electrons. The number of rotatable bonds is 5. The first kappa shape index (κ1) is 21.4. The van der Waals surface area contributed by atoms with E-state index in [4.69, 9.17) is 16.2 Å². The lowest BCUT2D eigenvalue weighted by Crippen LogP contribution is -2.50. The summed E-state index contributed by atoms with van der Waals surface area (Å²) in [6.45, 7) is 1.81. The number of nitrogens with two attached hydrogens (primary N) is 1. The Hall–Kier alpha value is -1.92. The average molecular weight is 394 g/mol. The third kappa shape index (κ3) is 4.68. The minimum atomic E-state index is -0.787. The van der Waals surface area contributed by atoms with Gasteiger partial charge in [0.1, 0.15) is 5.84 Å². The minimum Gasteiger partial charge on any atom is -0.481 e. The number of Topliss-reactive ketones (excluding diaryl/α,β-unsaturated/α-hetero) is 1. The van der Waals surface area contributed by atoms with Gasteiger partial charge in [0.05, 0.1) is 0 Å². The molecule has 6 nitrogen and oxygen atoms in total. The molecule has 2 fully saturated rings. The molecule has 3 unspecified atom stereocenters. The van der Waals surface area contributed by atoms with Crippen LogP contribution in [0.2, 0.25) is 0 Å². The van der Waals surface area contributed by atoms with Gasteiger partial charge in [0.15, 0.2) is 5.78 Å². The van der Waals surface area contributed by atoms with Crippen LogP contribution in [0.5, 0.6) is 0 Å². The van der Waals surface area contributed by atoms with Gasteiger partial charge in [-0.05, 0) is 50.0 Å². The average Bonchev–Trinajstić information content (AvgIpc) is 2.63. The number of ketones is 1. The van der Waals surface area contributed by atoms with E-state index >= 15 is 0 Å². The summed E-state index contributed by atoms with van der Waals surface area (Å²) in [6.07, 6.45) is 4.62. The molecule has 0 bridgehead atoms. The van der Waals surface area contributed by atoms with Gasteiger partial charge >= 0.3 is 5.97 Å². The van der Waals surface area contributed by atoms with Gasteiger partial charge in [-0.1, -0.05) is 24.3 Å². The van der Waals surface area contributed by atoms with E-state index in [9.17, 15) is 9.59 Å². The second-order valence-electron chi connectivity index (χ2n) is 7.79. The number of nitrogen functional groups attached to an aromatic ring is 1. The van der Waals surface area contributed by atoms with E-state index in [-0.39, 0.29) is 47.7 Å². The van der Waals surface area contributed by atoms with Gasteiger partial charge in [0, 0.05) is 30.0 Å². The number of carboxylic acids is 1. The first-order valence-electron chi connectivity index (χ1n) is 9.32. The fourth-order valence-electron chi connectivity index (χ4n) is 4.70. The van der Waals surface area contributed by atoms with E-state index in [2.05, 4.69) is 5.32 Å². The molecular formula is C20H28ClN3O3. The molecule has 0 aromatic heterocycles. The van der Waals surface area contributed by atoms with Gasteiger partial charge in [0.25, 0.3) is 0 Å². The molecule has 5 N–H and O–H groups in total. The van der Waals surface area contributed by atoms with Crippen molar-refractivity contribution in [2.45, 2.75) is 38.5 Å². The van der Waals surface area contributed by atoms with Crippen LogP contribution in [0.25, 0.3) is 0 Å². The zero-order chi connectivity index (χ0) is 18.7. The molecule has 148 valence electrons. The fourth-order valence-corrected chi connectivity index (χ4v) is 4.70. The Morgan fingerprint density at radius 3 is 2.44 bits per heavy atom. The third-order valence-electron chi connectivity index (χ3n) is 6.12. The van der Waals surface area contributed by atoms with Gasteiger partial charge in [-0.3, -0.25) is 15.0 Å². The van der Waals surface area contributed by atoms with Crippen molar-refractivity contribution in [3.63, 3.8) is 0 Å². The molecule has 0 amide bonds. The summed E-state index contributed by atoms with van der Waals surface area (Å²) in [7, 11) is 0. The highest BCUT2D eigenvalue weighted by atomic mass is 35.5. The predicted molar refractivity (Wildman–Crippen MR) is 107 cm³/mol. The second kappa shape index (κ2) is 8.85. The van der Waals surface area contributed by atoms with Crippen LogP contribution in [0.15, 0.2) is 24.3 Å². The third-order valence-corrected chi connectivity index (χ3v) is 6.12. The largest absolute Gasteiger partial charge is 0.481 e. The highest BCUT2D eigenvalue weighted by molar-refractivity contribution is 6.00. The zero-order valence-electron chi connectivity index (χ0n) is 15.4. The summed E-state index contributed by atoms with van der Waals surface area (Å²) in [5.41, 5.74) is 6.65. The van der Waals surface area contributed by atoms with Gasteiger partial charge in [0.2, 0.25) is 0 Å². The molecule has 3 rings (SSSR count). The van der Waals surface area contributed by atoms with Crippen LogP contribution in [0, 0.1) is 22.7 Å². The Balaban J connectivity index is 0.00000261. The quantitative estimate of drug-likeness (QED) is 0.348. The molecule has 1 spiro atoms. The first-order chi connectivity index (χ1) is 12.4. The number of carbonyl (C=O) groups is 2. The SMILES string of the molecule is Cl.N=C(N)c1ccc(C(=O)C2CC(CC(=O)O)CCC23CCCNC3)cc1. The lowest BCUT2D eigenvalue weighted by atomic mass is 9.58. The molecule has 1 heterocycles. The summed E-state index contributed by atoms with van der Waals surface area (Å²) in [6, 6.07) is 6.89. The van der Waals surface area contributed by atoms with Crippen LogP contribution in [0.1, 0.15) is 54.4 Å². The Morgan fingerprint density at radius 1 is 1.22 bits per heavy atom. The number of carbonyl (C=O) groups excluding carboxylic acids is 1. The number of halogens is 1. The standard InChI is InChI=1S/C20H27N3O3.ClH/c21-19(22)15-4-2-14(3-5-15)18(26)16-10-13(11-17(24)25)6-8-20(16)7-1-9-23-12-20;/h2-5,13,16,23H,1,6-12H2,(H3,21,22)(H,24,25);1H. The summed E-state index contributed by atoms with van der Waals surface area (Å²) < 4.78 is 0. The van der Waals surface area contributed by atoms with Crippen LogP contribution < -0.4 is 11.1 Å². The number of nitrogens with one attached hydrogen (secondary N) is 2. The topological polar surface area (TPSA) is 116 Å². The first-order valence-corrected chi connectivity index (χ1v) is 9.32. The number of hydrogen-bond donors (Lipinski definition) is 4. The molecule has 1 aliphatic carbocycles. The van der Waals surface area contributed by atoms with E-state index in [1.54, 1.807) is 24.3 Å². The normalized spacial score (nSPS) is 27.6. The highest BCUT2D eigenvalue weighted by Gasteiger charge is 2.47. The van der Waals surface area contributed by atoms with Crippen molar-refractivity contribution in [1.82, 2.24) is 5.32 Å². The van der Waals surface area contributed by atoms with E-state index in [0.717, 1.165) is 38.8 Å². The highest BCUT2D eigenvalue weighted by Crippen LogP contribution is 2.49. The van der Waals surface area contributed by atoms with E-state index in [1.165, 1.54) is 0 Å². The lowest BCUT2D eigenvalue weighted by molar-refractivity contribution is -0.138. The maximum absolute atomic E-state index is 13.3.